The third kappa shape index (κ3) is 4.72. The van der Waals surface area contributed by atoms with Crippen LogP contribution in [0, 0.1) is 5.82 Å². The van der Waals surface area contributed by atoms with E-state index in [1.165, 1.54) is 12.1 Å². The Morgan fingerprint density at radius 2 is 2.29 bits per heavy atom. The lowest BCUT2D eigenvalue weighted by Crippen LogP contribution is -2.29. The van der Waals surface area contributed by atoms with Crippen molar-refractivity contribution >= 4 is 11.6 Å². The Balaban J connectivity index is 2.39. The molecule has 1 amide bonds. The summed E-state index contributed by atoms with van der Waals surface area (Å²) in [6, 6.07) is 3.80. The summed E-state index contributed by atoms with van der Waals surface area (Å²) in [5.74, 6) is -0.488. The van der Waals surface area contributed by atoms with Crippen LogP contribution >= 0.6 is 0 Å². The van der Waals surface area contributed by atoms with Crippen LogP contribution in [0.25, 0.3) is 0 Å². The van der Waals surface area contributed by atoms with E-state index < -0.39 is 5.82 Å². The van der Waals surface area contributed by atoms with E-state index in [-0.39, 0.29) is 18.3 Å². The SMILES string of the molecule is CCCCNC(=O)COc1cc(F)ccc1N. The standard InChI is InChI=1S/C12H17FN2O2/c1-2-3-6-15-12(16)8-17-11-7-9(13)4-5-10(11)14/h4-5,7H,2-3,6,8,14H2,1H3,(H,15,16). The van der Waals surface area contributed by atoms with Crippen molar-refractivity contribution in [2.45, 2.75) is 19.8 Å². The minimum atomic E-state index is -0.444. The number of hydrogen-bond donors (Lipinski definition) is 2. The molecule has 1 aromatic carbocycles. The van der Waals surface area contributed by atoms with Crippen LogP contribution in [0.5, 0.6) is 5.75 Å². The molecule has 0 heterocycles. The third-order valence-corrected chi connectivity index (χ3v) is 2.19. The molecule has 0 radical (unpaired) electrons. The van der Waals surface area contributed by atoms with Crippen LogP contribution in [-0.4, -0.2) is 19.1 Å². The maximum atomic E-state index is 12.9. The second-order valence-electron chi connectivity index (χ2n) is 3.67. The molecule has 0 atom stereocenters. The molecule has 17 heavy (non-hydrogen) atoms. The number of nitrogen functional groups attached to an aromatic ring is 1. The predicted octanol–water partition coefficient (Wildman–Crippen LogP) is 1.70. The normalized spacial score (nSPS) is 10.0. The van der Waals surface area contributed by atoms with Gasteiger partial charge in [-0.2, -0.15) is 0 Å². The number of ether oxygens (including phenoxy) is 1. The van der Waals surface area contributed by atoms with Gasteiger partial charge in [0, 0.05) is 12.6 Å². The molecule has 0 aliphatic carbocycles. The van der Waals surface area contributed by atoms with E-state index in [9.17, 15) is 9.18 Å². The highest BCUT2D eigenvalue weighted by atomic mass is 19.1. The van der Waals surface area contributed by atoms with Crippen molar-refractivity contribution in [3.05, 3.63) is 24.0 Å². The minimum absolute atomic E-state index is 0.155. The van der Waals surface area contributed by atoms with Crippen LogP contribution in [0.2, 0.25) is 0 Å². The van der Waals surface area contributed by atoms with Crippen molar-refractivity contribution in [1.29, 1.82) is 0 Å². The Morgan fingerprint density at radius 3 is 3.00 bits per heavy atom. The van der Waals surface area contributed by atoms with E-state index in [0.717, 1.165) is 18.9 Å². The molecule has 0 bridgehead atoms. The molecule has 0 fully saturated rings. The summed E-state index contributed by atoms with van der Waals surface area (Å²) in [4.78, 5) is 11.3. The van der Waals surface area contributed by atoms with Gasteiger partial charge in [0.15, 0.2) is 6.61 Å². The van der Waals surface area contributed by atoms with Crippen molar-refractivity contribution in [3.63, 3.8) is 0 Å². The monoisotopic (exact) mass is 240 g/mol. The van der Waals surface area contributed by atoms with Crippen LogP contribution in [0.1, 0.15) is 19.8 Å². The molecule has 0 aromatic heterocycles. The first-order valence-corrected chi connectivity index (χ1v) is 5.58. The van der Waals surface area contributed by atoms with E-state index in [2.05, 4.69) is 5.32 Å². The molecule has 1 aromatic rings. The summed E-state index contributed by atoms with van der Waals surface area (Å²) in [5, 5.41) is 2.69. The van der Waals surface area contributed by atoms with Crippen molar-refractivity contribution in [2.75, 3.05) is 18.9 Å². The average Bonchev–Trinajstić information content (AvgIpc) is 2.31. The Hall–Kier alpha value is -1.78. The highest BCUT2D eigenvalue weighted by molar-refractivity contribution is 5.77. The zero-order valence-corrected chi connectivity index (χ0v) is 9.83. The minimum Gasteiger partial charge on any atom is -0.482 e. The number of nitrogens with one attached hydrogen (secondary N) is 1. The van der Waals surface area contributed by atoms with Gasteiger partial charge in [-0.05, 0) is 18.6 Å². The first-order valence-electron chi connectivity index (χ1n) is 5.58. The van der Waals surface area contributed by atoms with Crippen LogP contribution in [0.15, 0.2) is 18.2 Å². The first kappa shape index (κ1) is 13.3. The Bertz CT molecular complexity index is 383. The van der Waals surface area contributed by atoms with Gasteiger partial charge in [0.2, 0.25) is 0 Å². The molecule has 3 N–H and O–H groups in total. The van der Waals surface area contributed by atoms with Gasteiger partial charge in [-0.1, -0.05) is 13.3 Å². The van der Waals surface area contributed by atoms with Gasteiger partial charge in [-0.15, -0.1) is 0 Å². The number of carbonyl (C=O) groups is 1. The number of benzene rings is 1. The van der Waals surface area contributed by atoms with Gasteiger partial charge < -0.3 is 15.8 Å². The van der Waals surface area contributed by atoms with E-state index >= 15 is 0 Å². The van der Waals surface area contributed by atoms with E-state index in [0.29, 0.717) is 12.2 Å². The summed E-state index contributed by atoms with van der Waals surface area (Å²) in [6.07, 6.45) is 1.94. The molecular weight excluding hydrogens is 223 g/mol. The highest BCUT2D eigenvalue weighted by Gasteiger charge is 2.05. The third-order valence-electron chi connectivity index (χ3n) is 2.19. The molecule has 1 rings (SSSR count). The molecule has 0 aliphatic rings. The largest absolute Gasteiger partial charge is 0.482 e. The zero-order chi connectivity index (χ0) is 12.7. The Morgan fingerprint density at radius 1 is 1.53 bits per heavy atom. The van der Waals surface area contributed by atoms with Crippen LogP contribution < -0.4 is 15.8 Å². The number of hydrogen-bond acceptors (Lipinski definition) is 3. The lowest BCUT2D eigenvalue weighted by atomic mass is 10.3. The number of unbranched alkanes of at least 4 members (excludes halogenated alkanes) is 1. The van der Waals surface area contributed by atoms with Crippen LogP contribution in [-0.2, 0) is 4.79 Å². The van der Waals surface area contributed by atoms with Gasteiger partial charge in [-0.3, -0.25) is 4.79 Å². The fourth-order valence-corrected chi connectivity index (χ4v) is 1.23. The maximum Gasteiger partial charge on any atom is 0.257 e. The highest BCUT2D eigenvalue weighted by Crippen LogP contribution is 2.21. The van der Waals surface area contributed by atoms with E-state index in [1.807, 2.05) is 6.92 Å². The van der Waals surface area contributed by atoms with Crippen molar-refractivity contribution in [1.82, 2.24) is 5.32 Å². The second-order valence-corrected chi connectivity index (χ2v) is 3.67. The topological polar surface area (TPSA) is 64.3 Å². The summed E-state index contributed by atoms with van der Waals surface area (Å²) in [5.41, 5.74) is 5.89. The quantitative estimate of drug-likeness (QED) is 0.587. The van der Waals surface area contributed by atoms with Crippen molar-refractivity contribution < 1.29 is 13.9 Å². The van der Waals surface area contributed by atoms with Crippen LogP contribution in [0.3, 0.4) is 0 Å². The predicted molar refractivity (Wildman–Crippen MR) is 64.2 cm³/mol. The number of carbonyl (C=O) groups excluding carboxylic acids is 1. The first-order chi connectivity index (χ1) is 8.13. The van der Waals surface area contributed by atoms with Crippen LogP contribution in [0.4, 0.5) is 10.1 Å². The Kier molecular flexibility index (Phi) is 5.26. The molecule has 94 valence electrons. The maximum absolute atomic E-state index is 12.9. The molecule has 0 aliphatic heterocycles. The number of nitrogens with two attached hydrogens (primary N) is 1. The molecule has 0 saturated carbocycles. The number of anilines is 1. The number of halogens is 1. The second kappa shape index (κ2) is 6.73. The fourth-order valence-electron chi connectivity index (χ4n) is 1.23. The summed E-state index contributed by atoms with van der Waals surface area (Å²) in [6.45, 7) is 2.50. The van der Waals surface area contributed by atoms with Gasteiger partial charge >= 0.3 is 0 Å². The van der Waals surface area contributed by atoms with Gasteiger partial charge in [0.1, 0.15) is 11.6 Å². The zero-order valence-electron chi connectivity index (χ0n) is 9.83. The summed E-state index contributed by atoms with van der Waals surface area (Å²) in [7, 11) is 0. The van der Waals surface area contributed by atoms with Crippen molar-refractivity contribution in [3.8, 4) is 5.75 Å². The molecular formula is C12H17FN2O2. The summed E-state index contributed by atoms with van der Waals surface area (Å²) >= 11 is 0. The lowest BCUT2D eigenvalue weighted by molar-refractivity contribution is -0.123. The lowest BCUT2D eigenvalue weighted by Gasteiger charge is -2.09. The van der Waals surface area contributed by atoms with Gasteiger partial charge in [-0.25, -0.2) is 4.39 Å². The molecule has 0 spiro atoms. The number of rotatable bonds is 6. The summed E-state index contributed by atoms with van der Waals surface area (Å²) < 4.78 is 18.0. The van der Waals surface area contributed by atoms with Gasteiger partial charge in [0.05, 0.1) is 5.69 Å². The smallest absolute Gasteiger partial charge is 0.257 e. The molecule has 5 heteroatoms. The van der Waals surface area contributed by atoms with E-state index in [4.69, 9.17) is 10.5 Å². The molecule has 4 nitrogen and oxygen atoms in total. The molecule has 0 unspecified atom stereocenters. The van der Waals surface area contributed by atoms with E-state index in [1.54, 1.807) is 0 Å². The van der Waals surface area contributed by atoms with Gasteiger partial charge in [0.25, 0.3) is 5.91 Å². The Labute approximate surface area is 100.0 Å². The molecule has 0 saturated heterocycles. The number of amides is 1. The average molecular weight is 240 g/mol. The van der Waals surface area contributed by atoms with Crippen molar-refractivity contribution in [2.24, 2.45) is 0 Å². The fraction of sp³-hybridized carbons (Fsp3) is 0.417.